The molecule has 17 nitrogen and oxygen atoms in total. The molecule has 0 aromatic heterocycles. The van der Waals surface area contributed by atoms with E-state index in [9.17, 15) is 40.4 Å². The van der Waals surface area contributed by atoms with Gasteiger partial charge in [0.2, 0.25) is 10.0 Å². The molecule has 4 rings (SSSR count). The fourth-order valence-corrected chi connectivity index (χ4v) is 12.7. The second-order valence-corrected chi connectivity index (χ2v) is 25.5. The molecule has 0 radical (unpaired) electrons. The van der Waals surface area contributed by atoms with E-state index in [0.29, 0.717) is 41.1 Å². The van der Waals surface area contributed by atoms with E-state index >= 15 is 0 Å². The first-order valence-electron chi connectivity index (χ1n) is 30.0. The molecule has 80 heavy (non-hydrogen) atoms. The van der Waals surface area contributed by atoms with E-state index in [0.717, 1.165) is 82.9 Å². The van der Waals surface area contributed by atoms with Crippen molar-refractivity contribution in [2.24, 2.45) is 0 Å². The molecular weight excluding hydrogens is 1080 g/mol. The largest absolute Gasteiger partial charge is 0.472 e. The van der Waals surface area contributed by atoms with Crippen molar-refractivity contribution in [3.05, 3.63) is 77.1 Å². The third-order valence-electron chi connectivity index (χ3n) is 14.7. The molecule has 0 spiro atoms. The zero-order valence-electron chi connectivity index (χ0n) is 48.9. The minimum Gasteiger partial charge on any atom is -0.462 e. The highest BCUT2D eigenvalue weighted by atomic mass is 32.2. The summed E-state index contributed by atoms with van der Waals surface area (Å²) in [5.41, 5.74) is 2.41. The normalized spacial score (nSPS) is 15.5. The molecule has 0 fully saturated rings. The van der Waals surface area contributed by atoms with Gasteiger partial charge in [-0.1, -0.05) is 174 Å². The molecule has 1 heterocycles. The van der Waals surface area contributed by atoms with Gasteiger partial charge in [0.05, 0.1) is 24.2 Å². The summed E-state index contributed by atoms with van der Waals surface area (Å²) in [6.45, 7) is 13.3. The Morgan fingerprint density at radius 2 is 1.21 bits per heavy atom. The van der Waals surface area contributed by atoms with Crippen LogP contribution in [0.2, 0.25) is 0 Å². The third kappa shape index (κ3) is 23.8. The molecule has 0 bridgehead atoms. The van der Waals surface area contributed by atoms with E-state index in [2.05, 4.69) is 42.2 Å². The van der Waals surface area contributed by atoms with Crippen molar-refractivity contribution < 1.29 is 63.7 Å². The highest BCUT2D eigenvalue weighted by Gasteiger charge is 2.33. The number of benzene rings is 2. The van der Waals surface area contributed by atoms with Gasteiger partial charge in [-0.15, -0.1) is 0 Å². The number of rotatable bonds is 44. The molecule has 452 valence electrons. The fourth-order valence-electron chi connectivity index (χ4n) is 10.1. The van der Waals surface area contributed by atoms with Crippen LogP contribution in [0.5, 0.6) is 5.75 Å². The summed E-state index contributed by atoms with van der Waals surface area (Å²) in [6, 6.07) is 8.87. The number of unbranched alkanes of at least 4 members (excludes halogenated alkanes) is 20. The summed E-state index contributed by atoms with van der Waals surface area (Å²) in [5.74, 6) is -0.125. The zero-order valence-corrected chi connectivity index (χ0v) is 51.5. The minimum atomic E-state index is -5.07. The summed E-state index contributed by atoms with van der Waals surface area (Å²) in [5, 5.41) is 0. The molecule has 1 aliphatic carbocycles. The van der Waals surface area contributed by atoms with E-state index < -0.39 is 82.2 Å². The highest BCUT2D eigenvalue weighted by molar-refractivity contribution is 7.89. The number of carbonyl (C=O) groups excluding carboxylic acids is 2. The summed E-state index contributed by atoms with van der Waals surface area (Å²) >= 11 is 0. The number of nitrogens with zero attached hydrogens (tertiary/aromatic N) is 2. The molecule has 0 saturated heterocycles. The third-order valence-corrected chi connectivity index (χ3v) is 18.1. The number of hydrogen-bond donors (Lipinski definition) is 3. The number of likely N-dealkylation sites (N-methyl/N-ethyl adjacent to an activating group) is 1. The van der Waals surface area contributed by atoms with Crippen molar-refractivity contribution in [1.82, 2.24) is 9.62 Å². The lowest BCUT2D eigenvalue weighted by molar-refractivity contribution is -0.161. The fraction of sp³-hybridized carbons (Fsp3) is 0.667. The lowest BCUT2D eigenvalue weighted by Crippen LogP contribution is -2.34. The number of sulfonamides is 1. The van der Waals surface area contributed by atoms with E-state index in [1.54, 1.807) is 0 Å². The van der Waals surface area contributed by atoms with E-state index in [-0.39, 0.29) is 24.4 Å². The van der Waals surface area contributed by atoms with Crippen molar-refractivity contribution >= 4 is 51.2 Å². The Labute approximate surface area is 480 Å². The Hall–Kier alpha value is -3.91. The Morgan fingerprint density at radius 1 is 0.675 bits per heavy atom. The van der Waals surface area contributed by atoms with Crippen molar-refractivity contribution in [3.8, 4) is 5.75 Å². The second kappa shape index (κ2) is 36.6. The van der Waals surface area contributed by atoms with Gasteiger partial charge in [-0.25, -0.2) is 17.7 Å². The SMILES string of the molecule is CCCCCCCCCCCCCC(=O)OC[C@H](COP(=O)(O)OCCNS(=O)(=O)c1ccc(C2=C3C=CC(N(CC)CC)C=C3Oc3cc(N(CC)CC)ccc32)c(S(=O)(=O)O)c1)OC(=O)CCCCCCCCCCCCC. The maximum atomic E-state index is 13.7. The average Bonchev–Trinajstić information content (AvgIpc) is 3.63. The van der Waals surface area contributed by atoms with Gasteiger partial charge in [-0.3, -0.25) is 28.1 Å². The predicted octanol–water partition coefficient (Wildman–Crippen LogP) is 13.4. The number of allylic oxidation sites excluding steroid dienone is 1. The quantitative estimate of drug-likeness (QED) is 0.0243. The molecule has 3 N–H and O–H groups in total. The number of esters is 2. The Bertz CT molecular complexity index is 2580. The predicted molar refractivity (Wildman–Crippen MR) is 317 cm³/mol. The van der Waals surface area contributed by atoms with E-state index in [4.69, 9.17) is 23.3 Å². The highest BCUT2D eigenvalue weighted by Crippen LogP contribution is 2.47. The first-order chi connectivity index (χ1) is 38.4. The van der Waals surface area contributed by atoms with Gasteiger partial charge >= 0.3 is 19.8 Å². The molecule has 2 aliphatic rings. The number of nitrogens with one attached hydrogen (secondary N) is 1. The Morgan fingerprint density at radius 3 is 1.75 bits per heavy atom. The maximum absolute atomic E-state index is 13.7. The number of anilines is 1. The lowest BCUT2D eigenvalue weighted by atomic mass is 9.86. The monoisotopic (exact) mass is 1180 g/mol. The van der Waals surface area contributed by atoms with Crippen molar-refractivity contribution in [3.63, 3.8) is 0 Å². The molecule has 2 aromatic rings. The topological polar surface area (TPSA) is 225 Å². The van der Waals surface area contributed by atoms with Gasteiger partial charge in [0.1, 0.15) is 23.0 Å². The second-order valence-electron chi connectivity index (χ2n) is 20.8. The summed E-state index contributed by atoms with van der Waals surface area (Å²) in [7, 11) is -14.5. The minimum absolute atomic E-state index is 0.0392. The Kier molecular flexibility index (Phi) is 31.4. The number of ether oxygens (including phenoxy) is 3. The molecule has 20 heteroatoms. The van der Waals surface area contributed by atoms with Gasteiger partial charge in [0.25, 0.3) is 10.1 Å². The van der Waals surface area contributed by atoms with Crippen molar-refractivity contribution in [2.45, 2.75) is 218 Å². The average molecular weight is 1180 g/mol. The first kappa shape index (κ1) is 68.6. The van der Waals surface area contributed by atoms with Crippen LogP contribution in [0.15, 0.2) is 75.7 Å². The zero-order chi connectivity index (χ0) is 58.4. The first-order valence-corrected chi connectivity index (χ1v) is 34.4. The number of phosphoric ester groups is 1. The number of carbonyl (C=O) groups is 2. The van der Waals surface area contributed by atoms with Crippen LogP contribution in [0.4, 0.5) is 5.69 Å². The summed E-state index contributed by atoms with van der Waals surface area (Å²) < 4.78 is 108. The van der Waals surface area contributed by atoms with Crippen LogP contribution >= 0.6 is 7.82 Å². The van der Waals surface area contributed by atoms with Crippen LogP contribution in [0, 0.1) is 0 Å². The molecule has 1 aliphatic heterocycles. The number of hydrogen-bond acceptors (Lipinski definition) is 14. The molecule has 2 unspecified atom stereocenters. The molecule has 3 atom stereocenters. The van der Waals surface area contributed by atoms with Crippen LogP contribution in [-0.2, 0) is 52.8 Å². The van der Waals surface area contributed by atoms with Crippen LogP contribution in [0.25, 0.3) is 5.57 Å². The van der Waals surface area contributed by atoms with Crippen molar-refractivity contribution in [1.29, 1.82) is 0 Å². The summed E-state index contributed by atoms with van der Waals surface area (Å²) in [6.07, 6.45) is 29.4. The van der Waals surface area contributed by atoms with Gasteiger partial charge in [-0.05, 0) is 70.1 Å². The molecule has 0 amide bonds. The van der Waals surface area contributed by atoms with Crippen LogP contribution in [0.3, 0.4) is 0 Å². The lowest BCUT2D eigenvalue weighted by Gasteiger charge is -2.33. The Balaban J connectivity index is 1.39. The smallest absolute Gasteiger partial charge is 0.462 e. The van der Waals surface area contributed by atoms with Gasteiger partial charge in [0.15, 0.2) is 6.10 Å². The van der Waals surface area contributed by atoms with Gasteiger partial charge in [-0.2, -0.15) is 8.42 Å². The van der Waals surface area contributed by atoms with Crippen LogP contribution in [-0.4, -0.2) is 108 Å². The molecule has 0 saturated carbocycles. The maximum Gasteiger partial charge on any atom is 0.472 e. The number of phosphoric acid groups is 1. The van der Waals surface area contributed by atoms with Crippen molar-refractivity contribution in [2.75, 3.05) is 57.4 Å². The standard InChI is InChI=1S/C60H96N3O14PS2/c1-7-13-15-17-19-21-23-25-27-29-31-33-58(64)73-46-50(76-59(65)34-32-30-28-26-24-22-20-18-16-14-8-2)47-75-78(66,67)74-42-41-61-79(68,69)51-37-40-54(57(45-51)80(70,71)72)60-52-38-35-48(62(9-3)10-4)43-55(52)77-56-44-49(36-39-53(56)60)63(11-5)12-6/h35-40,43-45,48,50,61H,7-34,41-42,46-47H2,1-6H3,(H,66,67)(H,70,71,72)/t48?,50-/m1/s1. The van der Waals surface area contributed by atoms with E-state index in [1.807, 2.05) is 50.3 Å². The van der Waals surface area contributed by atoms with Crippen LogP contribution < -0.4 is 14.4 Å². The summed E-state index contributed by atoms with van der Waals surface area (Å²) in [4.78, 5) is 39.5. The van der Waals surface area contributed by atoms with Gasteiger partial charge < -0.3 is 24.0 Å². The van der Waals surface area contributed by atoms with Crippen LogP contribution in [0.1, 0.15) is 207 Å². The van der Waals surface area contributed by atoms with Gasteiger partial charge in [0, 0.05) is 66.5 Å². The number of fused-ring (bicyclic) bond motifs is 2. The molecule has 2 aromatic carbocycles. The van der Waals surface area contributed by atoms with E-state index in [1.165, 1.54) is 95.6 Å². The molecular formula is C60H96N3O14PS2.